The number of furan rings is 1. The molecule has 126 valence electrons. The summed E-state index contributed by atoms with van der Waals surface area (Å²) in [6, 6.07) is 9.38. The Morgan fingerprint density at radius 3 is 2.52 bits per heavy atom. The van der Waals surface area contributed by atoms with Gasteiger partial charge in [0.15, 0.2) is 5.69 Å². The van der Waals surface area contributed by atoms with E-state index in [0.29, 0.717) is 17.1 Å². The molecule has 0 spiro atoms. The van der Waals surface area contributed by atoms with Crippen LogP contribution in [0.4, 0.5) is 11.4 Å². The summed E-state index contributed by atoms with van der Waals surface area (Å²) in [6.07, 6.45) is 2.82. The first-order valence-electron chi connectivity index (χ1n) is 7.09. The van der Waals surface area contributed by atoms with Crippen LogP contribution >= 0.6 is 0 Å². The van der Waals surface area contributed by atoms with Crippen molar-refractivity contribution < 1.29 is 18.8 Å². The fourth-order valence-corrected chi connectivity index (χ4v) is 2.30. The van der Waals surface area contributed by atoms with Crippen molar-refractivity contribution in [1.29, 1.82) is 0 Å². The highest BCUT2D eigenvalue weighted by Gasteiger charge is 2.22. The van der Waals surface area contributed by atoms with Crippen LogP contribution in [0.3, 0.4) is 0 Å². The summed E-state index contributed by atoms with van der Waals surface area (Å²) >= 11 is 0. The normalized spacial score (nSPS) is 11.1. The lowest BCUT2D eigenvalue weighted by Gasteiger charge is -1.98. The number of nitrogens with zero attached hydrogens (tertiary/aromatic N) is 3. The number of hydrogen-bond donors (Lipinski definition) is 0. The van der Waals surface area contributed by atoms with Crippen molar-refractivity contribution in [2.75, 3.05) is 0 Å². The second kappa shape index (κ2) is 6.40. The van der Waals surface area contributed by atoms with Gasteiger partial charge in [0, 0.05) is 6.07 Å². The van der Waals surface area contributed by atoms with E-state index in [2.05, 4.69) is 5.16 Å². The quantitative estimate of drug-likeness (QED) is 0.502. The van der Waals surface area contributed by atoms with Gasteiger partial charge in [0.2, 0.25) is 5.76 Å². The summed E-state index contributed by atoms with van der Waals surface area (Å²) in [5.74, 6) is 0.665. The standard InChI is InChI=1S/C16H11N3O6/c1-10-16(19(22)23)15(25-17-10)9-7-11-6-8-14(24-11)12-4-2-3-5-13(12)18(20)21/h2-9H,1H3/b9-7-. The highest BCUT2D eigenvalue weighted by Crippen LogP contribution is 2.31. The molecule has 2 aromatic heterocycles. The van der Waals surface area contributed by atoms with E-state index in [4.69, 9.17) is 8.94 Å². The van der Waals surface area contributed by atoms with Crippen LogP contribution < -0.4 is 0 Å². The summed E-state index contributed by atoms with van der Waals surface area (Å²) in [4.78, 5) is 21.0. The average molecular weight is 341 g/mol. The molecule has 3 rings (SSSR count). The summed E-state index contributed by atoms with van der Waals surface area (Å²) in [7, 11) is 0. The number of nitro benzene ring substituents is 1. The van der Waals surface area contributed by atoms with E-state index in [9.17, 15) is 20.2 Å². The Morgan fingerprint density at radius 1 is 1.04 bits per heavy atom. The van der Waals surface area contributed by atoms with E-state index in [1.54, 1.807) is 30.3 Å². The van der Waals surface area contributed by atoms with Crippen molar-refractivity contribution in [3.05, 3.63) is 73.8 Å². The van der Waals surface area contributed by atoms with Gasteiger partial charge in [0.05, 0.1) is 15.4 Å². The van der Waals surface area contributed by atoms with E-state index in [1.807, 2.05) is 0 Å². The third-order valence-corrected chi connectivity index (χ3v) is 3.43. The predicted molar refractivity (Wildman–Crippen MR) is 87.6 cm³/mol. The molecule has 0 amide bonds. The van der Waals surface area contributed by atoms with Crippen molar-refractivity contribution in [3.63, 3.8) is 0 Å². The fraction of sp³-hybridized carbons (Fsp3) is 0.0625. The Hall–Kier alpha value is -3.75. The summed E-state index contributed by atoms with van der Waals surface area (Å²) in [5, 5.41) is 25.6. The SMILES string of the molecule is Cc1noc(/C=C\c2ccc(-c3ccccc3[N+](=O)[O-])o2)c1[N+](=O)[O-]. The molecule has 25 heavy (non-hydrogen) atoms. The van der Waals surface area contributed by atoms with Gasteiger partial charge in [-0.3, -0.25) is 20.2 Å². The first-order chi connectivity index (χ1) is 12.0. The summed E-state index contributed by atoms with van der Waals surface area (Å²) in [5.41, 5.74) is 0.217. The molecule has 0 saturated carbocycles. The van der Waals surface area contributed by atoms with Gasteiger partial charge in [0.1, 0.15) is 11.5 Å². The molecule has 0 unspecified atom stereocenters. The fourth-order valence-electron chi connectivity index (χ4n) is 2.30. The molecule has 9 heteroatoms. The molecule has 3 aromatic rings. The van der Waals surface area contributed by atoms with Gasteiger partial charge < -0.3 is 8.94 Å². The Morgan fingerprint density at radius 2 is 1.80 bits per heavy atom. The number of nitro groups is 2. The lowest BCUT2D eigenvalue weighted by Crippen LogP contribution is -1.90. The second-order valence-electron chi connectivity index (χ2n) is 5.05. The Kier molecular flexibility index (Phi) is 4.12. The van der Waals surface area contributed by atoms with Crippen molar-refractivity contribution in [1.82, 2.24) is 5.16 Å². The van der Waals surface area contributed by atoms with Crippen LogP contribution in [0.5, 0.6) is 0 Å². The van der Waals surface area contributed by atoms with Gasteiger partial charge in [-0.15, -0.1) is 0 Å². The minimum absolute atomic E-state index is 0.00820. The summed E-state index contributed by atoms with van der Waals surface area (Å²) in [6.45, 7) is 1.47. The van der Waals surface area contributed by atoms with Crippen LogP contribution in [0.15, 0.2) is 45.3 Å². The third-order valence-electron chi connectivity index (χ3n) is 3.43. The molecule has 2 heterocycles. The number of aromatic nitrogens is 1. The van der Waals surface area contributed by atoms with Crippen LogP contribution in [0.2, 0.25) is 0 Å². The Bertz CT molecular complexity index is 985. The van der Waals surface area contributed by atoms with Crippen LogP contribution in [-0.4, -0.2) is 15.0 Å². The second-order valence-corrected chi connectivity index (χ2v) is 5.05. The molecule has 0 fully saturated rings. The molecular weight excluding hydrogens is 330 g/mol. The molecular formula is C16H11N3O6. The zero-order chi connectivity index (χ0) is 18.0. The average Bonchev–Trinajstić information content (AvgIpc) is 3.19. The highest BCUT2D eigenvalue weighted by atomic mass is 16.6. The Balaban J connectivity index is 1.91. The number of benzene rings is 1. The van der Waals surface area contributed by atoms with Crippen molar-refractivity contribution >= 4 is 23.5 Å². The van der Waals surface area contributed by atoms with Crippen molar-refractivity contribution in [3.8, 4) is 11.3 Å². The van der Waals surface area contributed by atoms with Gasteiger partial charge in [-0.05, 0) is 37.3 Å². The van der Waals surface area contributed by atoms with Crippen LogP contribution in [0, 0.1) is 27.2 Å². The van der Waals surface area contributed by atoms with Crippen molar-refractivity contribution in [2.24, 2.45) is 0 Å². The summed E-state index contributed by atoms with van der Waals surface area (Å²) < 4.78 is 10.5. The number of aryl methyl sites for hydroxylation is 1. The monoisotopic (exact) mass is 341 g/mol. The first-order valence-corrected chi connectivity index (χ1v) is 7.09. The van der Waals surface area contributed by atoms with Crippen molar-refractivity contribution in [2.45, 2.75) is 6.92 Å². The molecule has 1 aromatic carbocycles. The van der Waals surface area contributed by atoms with E-state index in [1.165, 1.54) is 25.1 Å². The van der Waals surface area contributed by atoms with E-state index < -0.39 is 9.85 Å². The van der Waals surface area contributed by atoms with Gasteiger partial charge in [-0.2, -0.15) is 0 Å². The third kappa shape index (κ3) is 3.15. The number of rotatable bonds is 5. The highest BCUT2D eigenvalue weighted by molar-refractivity contribution is 5.73. The largest absolute Gasteiger partial charge is 0.456 e. The molecule has 0 aliphatic heterocycles. The van der Waals surface area contributed by atoms with Crippen LogP contribution in [0.25, 0.3) is 23.5 Å². The van der Waals surface area contributed by atoms with Gasteiger partial charge >= 0.3 is 5.69 Å². The van der Waals surface area contributed by atoms with Gasteiger partial charge in [-0.25, -0.2) is 0 Å². The zero-order valence-electron chi connectivity index (χ0n) is 12.9. The Labute approximate surface area is 140 Å². The molecule has 0 atom stereocenters. The topological polar surface area (TPSA) is 125 Å². The molecule has 0 N–H and O–H groups in total. The van der Waals surface area contributed by atoms with E-state index in [0.717, 1.165) is 0 Å². The van der Waals surface area contributed by atoms with E-state index >= 15 is 0 Å². The molecule has 0 radical (unpaired) electrons. The van der Waals surface area contributed by atoms with E-state index in [-0.39, 0.29) is 22.8 Å². The maximum absolute atomic E-state index is 11.1. The maximum Gasteiger partial charge on any atom is 0.338 e. The lowest BCUT2D eigenvalue weighted by molar-refractivity contribution is -0.386. The zero-order valence-corrected chi connectivity index (χ0v) is 12.9. The minimum Gasteiger partial charge on any atom is -0.456 e. The predicted octanol–water partition coefficient (Wildman–Crippen LogP) is 4.23. The number of hydrogen-bond acceptors (Lipinski definition) is 7. The van der Waals surface area contributed by atoms with Crippen LogP contribution in [-0.2, 0) is 0 Å². The molecule has 0 aliphatic rings. The number of para-hydroxylation sites is 1. The van der Waals surface area contributed by atoms with Crippen LogP contribution in [0.1, 0.15) is 17.2 Å². The molecule has 0 bridgehead atoms. The molecule has 0 saturated heterocycles. The smallest absolute Gasteiger partial charge is 0.338 e. The molecule has 9 nitrogen and oxygen atoms in total. The minimum atomic E-state index is -0.577. The first kappa shape index (κ1) is 16.1. The lowest BCUT2D eigenvalue weighted by atomic mass is 10.1. The van der Waals surface area contributed by atoms with Gasteiger partial charge in [-0.1, -0.05) is 17.3 Å². The molecule has 0 aliphatic carbocycles. The van der Waals surface area contributed by atoms with Gasteiger partial charge in [0.25, 0.3) is 5.69 Å². The maximum atomic E-state index is 11.1.